The Labute approximate surface area is 180 Å². The van der Waals surface area contributed by atoms with Gasteiger partial charge in [-0.15, -0.1) is 0 Å². The molecule has 7 heteroatoms. The highest BCUT2D eigenvalue weighted by molar-refractivity contribution is 6.00. The zero-order valence-electron chi connectivity index (χ0n) is 17.1. The van der Waals surface area contributed by atoms with Crippen LogP contribution in [0.3, 0.4) is 0 Å². The van der Waals surface area contributed by atoms with Crippen LogP contribution in [0.1, 0.15) is 41.1 Å². The fourth-order valence-electron chi connectivity index (χ4n) is 4.10. The lowest BCUT2D eigenvalue weighted by Gasteiger charge is -2.39. The average Bonchev–Trinajstić information content (AvgIpc) is 2.81. The van der Waals surface area contributed by atoms with Crippen LogP contribution in [0.25, 0.3) is 0 Å². The Morgan fingerprint density at radius 1 is 1.16 bits per heavy atom. The number of benzene rings is 2. The highest BCUT2D eigenvalue weighted by Gasteiger charge is 2.40. The summed E-state index contributed by atoms with van der Waals surface area (Å²) in [6, 6.07) is 18.1. The van der Waals surface area contributed by atoms with E-state index in [0.717, 1.165) is 5.56 Å². The van der Waals surface area contributed by atoms with E-state index >= 15 is 0 Å². The van der Waals surface area contributed by atoms with Gasteiger partial charge in [0.05, 0.1) is 24.7 Å². The second-order valence-corrected chi connectivity index (χ2v) is 7.40. The second-order valence-electron chi connectivity index (χ2n) is 7.40. The molecule has 2 aliphatic rings. The molecule has 7 nitrogen and oxygen atoms in total. The van der Waals surface area contributed by atoms with Gasteiger partial charge < -0.3 is 10.5 Å². The number of ether oxygens (including phenoxy) is 1. The molecule has 156 valence electrons. The minimum Gasteiger partial charge on any atom is -0.497 e. The number of allylic oxidation sites excluding steroid dienone is 3. The van der Waals surface area contributed by atoms with Crippen molar-refractivity contribution in [2.75, 3.05) is 7.11 Å². The number of Topliss-reactive ketones (excluding diaryl/α,β-unsaturated/α-hetero) is 1. The van der Waals surface area contributed by atoms with Gasteiger partial charge in [0.15, 0.2) is 5.78 Å². The highest BCUT2D eigenvalue weighted by Crippen LogP contribution is 2.44. The smallest absolute Gasteiger partial charge is 0.270 e. The molecule has 0 aromatic heterocycles. The Bertz CT molecular complexity index is 1130. The highest BCUT2D eigenvalue weighted by atomic mass is 16.5. The molecule has 1 aliphatic heterocycles. The quantitative estimate of drug-likeness (QED) is 0.796. The maximum absolute atomic E-state index is 13.0. The summed E-state index contributed by atoms with van der Waals surface area (Å²) in [6.45, 7) is 0. The standard InChI is InChI=1S/C24H22N4O3/c1-31-17-12-10-15(11-13-17)21-18(14-25)23(26)28(19-8-5-9-20(29)22(19)21)27-24(30)16-6-3-2-4-7-16/h2-4,6-7,10-13,21H,5,8-9,26H2,1H3,(H,27,30). The van der Waals surface area contributed by atoms with Crippen molar-refractivity contribution in [2.24, 2.45) is 5.73 Å². The van der Waals surface area contributed by atoms with Crippen molar-refractivity contribution < 1.29 is 14.3 Å². The SMILES string of the molecule is COc1ccc(C2C(C#N)=C(N)N(NC(=O)c3ccccc3)C3=C2C(=O)CCC3)cc1. The molecule has 2 aromatic rings. The van der Waals surface area contributed by atoms with Gasteiger partial charge in [0.1, 0.15) is 11.6 Å². The first-order valence-electron chi connectivity index (χ1n) is 10.0. The third-order valence-electron chi connectivity index (χ3n) is 5.61. The summed E-state index contributed by atoms with van der Waals surface area (Å²) in [6.07, 6.45) is 1.62. The molecule has 1 amide bonds. The van der Waals surface area contributed by atoms with E-state index in [2.05, 4.69) is 11.5 Å². The molecular formula is C24H22N4O3. The first-order chi connectivity index (χ1) is 15.0. The summed E-state index contributed by atoms with van der Waals surface area (Å²) in [7, 11) is 1.58. The first-order valence-corrected chi connectivity index (χ1v) is 10.0. The van der Waals surface area contributed by atoms with Gasteiger partial charge in [0.25, 0.3) is 5.91 Å². The van der Waals surface area contributed by atoms with Crippen molar-refractivity contribution in [1.29, 1.82) is 5.26 Å². The largest absolute Gasteiger partial charge is 0.497 e. The van der Waals surface area contributed by atoms with Gasteiger partial charge in [-0.2, -0.15) is 5.26 Å². The van der Waals surface area contributed by atoms with Gasteiger partial charge in [-0.05, 0) is 42.7 Å². The number of methoxy groups -OCH3 is 1. The number of nitrogens with two attached hydrogens (primary N) is 1. The number of nitrogens with one attached hydrogen (secondary N) is 1. The zero-order chi connectivity index (χ0) is 22.0. The molecule has 31 heavy (non-hydrogen) atoms. The van der Waals surface area contributed by atoms with Crippen LogP contribution < -0.4 is 15.9 Å². The Hall–Kier alpha value is -4.05. The van der Waals surface area contributed by atoms with E-state index in [1.54, 1.807) is 43.5 Å². The Morgan fingerprint density at radius 3 is 2.52 bits per heavy atom. The van der Waals surface area contributed by atoms with Crippen molar-refractivity contribution in [2.45, 2.75) is 25.2 Å². The summed E-state index contributed by atoms with van der Waals surface area (Å²) < 4.78 is 5.23. The van der Waals surface area contributed by atoms with Gasteiger partial charge in [-0.25, -0.2) is 5.01 Å². The van der Waals surface area contributed by atoms with Gasteiger partial charge >= 0.3 is 0 Å². The summed E-state index contributed by atoms with van der Waals surface area (Å²) in [5.74, 6) is -0.185. The molecular weight excluding hydrogens is 392 g/mol. The normalized spacial score (nSPS) is 18.4. The number of nitrogens with zero attached hydrogens (tertiary/aromatic N) is 2. The van der Waals surface area contributed by atoms with E-state index in [-0.39, 0.29) is 23.1 Å². The molecule has 0 fully saturated rings. The number of rotatable bonds is 4. The van der Waals surface area contributed by atoms with Crippen molar-refractivity contribution in [3.8, 4) is 11.8 Å². The Kier molecular flexibility index (Phi) is 5.46. The van der Waals surface area contributed by atoms with Crippen LogP contribution in [0.2, 0.25) is 0 Å². The molecule has 0 saturated heterocycles. The van der Waals surface area contributed by atoms with Gasteiger partial charge in [-0.1, -0.05) is 30.3 Å². The van der Waals surface area contributed by atoms with E-state index in [0.29, 0.717) is 41.8 Å². The molecule has 1 atom stereocenters. The number of hydrazine groups is 1. The number of hydrogen-bond acceptors (Lipinski definition) is 6. The maximum atomic E-state index is 13.0. The first kappa shape index (κ1) is 20.2. The molecule has 0 spiro atoms. The third-order valence-corrected chi connectivity index (χ3v) is 5.61. The van der Waals surface area contributed by atoms with E-state index in [1.807, 2.05) is 18.2 Å². The Balaban J connectivity index is 1.80. The number of carbonyl (C=O) groups excluding carboxylic acids is 2. The van der Waals surface area contributed by atoms with Gasteiger partial charge in [0.2, 0.25) is 0 Å². The molecule has 1 aliphatic carbocycles. The molecule has 4 rings (SSSR count). The van der Waals surface area contributed by atoms with Crippen LogP contribution in [0.15, 0.2) is 77.3 Å². The van der Waals surface area contributed by atoms with Crippen molar-refractivity contribution in [3.05, 3.63) is 88.4 Å². The van der Waals surface area contributed by atoms with Crippen LogP contribution in [0.5, 0.6) is 5.75 Å². The maximum Gasteiger partial charge on any atom is 0.270 e. The summed E-state index contributed by atoms with van der Waals surface area (Å²) in [5.41, 5.74) is 11.8. The fraction of sp³-hybridized carbons (Fsp3) is 0.208. The van der Waals surface area contributed by atoms with Crippen molar-refractivity contribution >= 4 is 11.7 Å². The van der Waals surface area contributed by atoms with Crippen LogP contribution in [-0.2, 0) is 4.79 Å². The summed E-state index contributed by atoms with van der Waals surface area (Å²) >= 11 is 0. The molecule has 0 saturated carbocycles. The van der Waals surface area contributed by atoms with E-state index in [1.165, 1.54) is 5.01 Å². The van der Waals surface area contributed by atoms with Crippen LogP contribution in [-0.4, -0.2) is 23.8 Å². The lowest BCUT2D eigenvalue weighted by Crippen LogP contribution is -2.48. The zero-order valence-corrected chi connectivity index (χ0v) is 17.1. The lowest BCUT2D eigenvalue weighted by molar-refractivity contribution is -0.116. The molecule has 3 N–H and O–H groups in total. The minimum absolute atomic E-state index is 0.0405. The summed E-state index contributed by atoms with van der Waals surface area (Å²) in [4.78, 5) is 25.8. The van der Waals surface area contributed by atoms with Crippen LogP contribution in [0.4, 0.5) is 0 Å². The van der Waals surface area contributed by atoms with E-state index in [9.17, 15) is 14.9 Å². The molecule has 0 radical (unpaired) electrons. The molecule has 1 heterocycles. The number of ketones is 1. The predicted molar refractivity (Wildman–Crippen MR) is 114 cm³/mol. The van der Waals surface area contributed by atoms with Crippen LogP contribution in [0, 0.1) is 11.3 Å². The molecule has 0 bridgehead atoms. The van der Waals surface area contributed by atoms with E-state index < -0.39 is 5.92 Å². The monoisotopic (exact) mass is 414 g/mol. The fourth-order valence-corrected chi connectivity index (χ4v) is 4.10. The number of nitriles is 1. The predicted octanol–water partition coefficient (Wildman–Crippen LogP) is 3.14. The average molecular weight is 414 g/mol. The third kappa shape index (κ3) is 3.64. The minimum atomic E-state index is -0.580. The van der Waals surface area contributed by atoms with Crippen molar-refractivity contribution in [1.82, 2.24) is 10.4 Å². The number of carbonyl (C=O) groups is 2. The molecule has 1 unspecified atom stereocenters. The lowest BCUT2D eigenvalue weighted by atomic mass is 9.76. The van der Waals surface area contributed by atoms with Crippen molar-refractivity contribution in [3.63, 3.8) is 0 Å². The van der Waals surface area contributed by atoms with Gasteiger partial charge in [-0.3, -0.25) is 15.0 Å². The topological polar surface area (TPSA) is 108 Å². The number of hydrogen-bond donors (Lipinski definition) is 2. The second kappa shape index (κ2) is 8.36. The van der Waals surface area contributed by atoms with E-state index in [4.69, 9.17) is 10.5 Å². The number of amides is 1. The van der Waals surface area contributed by atoms with Crippen LogP contribution >= 0.6 is 0 Å². The molecule has 2 aromatic carbocycles. The summed E-state index contributed by atoms with van der Waals surface area (Å²) in [5, 5.41) is 11.4. The Morgan fingerprint density at radius 2 is 1.87 bits per heavy atom. The van der Waals surface area contributed by atoms with Gasteiger partial charge in [0, 0.05) is 23.3 Å².